The Hall–Kier alpha value is -1.06. The lowest BCUT2D eigenvalue weighted by Gasteiger charge is -1.91. The lowest BCUT2D eigenvalue weighted by atomic mass is 10.3. The molecule has 0 bridgehead atoms. The van der Waals surface area contributed by atoms with Gasteiger partial charge in [0.2, 0.25) is 0 Å². The van der Waals surface area contributed by atoms with Crippen LogP contribution in [0.2, 0.25) is 0 Å². The molecule has 0 atom stereocenters. The van der Waals surface area contributed by atoms with E-state index in [9.17, 15) is 9.59 Å². The first kappa shape index (κ1) is 15.4. The third-order valence-electron chi connectivity index (χ3n) is 1.36. The van der Waals surface area contributed by atoms with E-state index in [1.54, 1.807) is 0 Å². The molecule has 0 aliphatic heterocycles. The van der Waals surface area contributed by atoms with Crippen LogP contribution in [-0.4, -0.2) is 26.2 Å². The molecule has 0 amide bonds. The van der Waals surface area contributed by atoms with Crippen LogP contribution in [0.25, 0.3) is 0 Å². The van der Waals surface area contributed by atoms with E-state index in [0.717, 1.165) is 12.8 Å². The molecular formula is C10H20O4. The fourth-order valence-corrected chi connectivity index (χ4v) is 0.612. The summed E-state index contributed by atoms with van der Waals surface area (Å²) >= 11 is 0. The van der Waals surface area contributed by atoms with Gasteiger partial charge in [0.15, 0.2) is 0 Å². The maximum Gasteiger partial charge on any atom is 0.305 e. The summed E-state index contributed by atoms with van der Waals surface area (Å²) in [5.41, 5.74) is 0. The van der Waals surface area contributed by atoms with Crippen molar-refractivity contribution in [2.75, 3.05) is 14.2 Å². The molecule has 0 unspecified atom stereocenters. The van der Waals surface area contributed by atoms with Gasteiger partial charge in [0.1, 0.15) is 0 Å². The minimum atomic E-state index is -0.123. The molecule has 0 heterocycles. The van der Waals surface area contributed by atoms with Gasteiger partial charge in [0.05, 0.1) is 14.2 Å². The van der Waals surface area contributed by atoms with Gasteiger partial charge in [-0.05, 0) is 12.8 Å². The molecular weight excluding hydrogens is 184 g/mol. The molecule has 0 spiro atoms. The van der Waals surface area contributed by atoms with Gasteiger partial charge in [-0.25, -0.2) is 0 Å². The van der Waals surface area contributed by atoms with E-state index < -0.39 is 0 Å². The second-order valence-electron chi connectivity index (χ2n) is 2.65. The van der Waals surface area contributed by atoms with Crippen molar-refractivity contribution in [1.29, 1.82) is 0 Å². The van der Waals surface area contributed by atoms with Crippen LogP contribution >= 0.6 is 0 Å². The lowest BCUT2D eigenvalue weighted by Crippen LogP contribution is -1.97. The normalized spacial score (nSPS) is 8.29. The topological polar surface area (TPSA) is 52.6 Å². The van der Waals surface area contributed by atoms with E-state index in [4.69, 9.17) is 0 Å². The summed E-state index contributed by atoms with van der Waals surface area (Å²) in [7, 11) is 2.80. The molecule has 4 heteroatoms. The summed E-state index contributed by atoms with van der Waals surface area (Å²) in [5.74, 6) is -0.245. The minimum absolute atomic E-state index is 0.123. The zero-order chi connectivity index (χ0) is 11.4. The van der Waals surface area contributed by atoms with E-state index in [2.05, 4.69) is 9.47 Å². The minimum Gasteiger partial charge on any atom is -0.469 e. The Morgan fingerprint density at radius 2 is 1.14 bits per heavy atom. The summed E-state index contributed by atoms with van der Waals surface area (Å²) in [5, 5.41) is 0. The van der Waals surface area contributed by atoms with Crippen molar-refractivity contribution < 1.29 is 19.1 Å². The number of esters is 2. The number of ether oxygens (including phenoxy) is 2. The quantitative estimate of drug-likeness (QED) is 0.656. The average Bonchev–Trinajstić information content (AvgIpc) is 2.19. The van der Waals surface area contributed by atoms with Crippen molar-refractivity contribution in [1.82, 2.24) is 0 Å². The predicted octanol–water partition coefficient (Wildman–Crippen LogP) is 1.92. The molecule has 0 rings (SSSR count). The zero-order valence-corrected chi connectivity index (χ0v) is 9.46. The molecule has 0 aromatic carbocycles. The fraction of sp³-hybridized carbons (Fsp3) is 0.800. The van der Waals surface area contributed by atoms with Gasteiger partial charge >= 0.3 is 11.9 Å². The predicted molar refractivity (Wildman–Crippen MR) is 53.8 cm³/mol. The third kappa shape index (κ3) is 13.5. The maximum atomic E-state index is 10.2. The van der Waals surface area contributed by atoms with Gasteiger partial charge in [-0.2, -0.15) is 0 Å². The number of carbonyl (C=O) groups is 2. The van der Waals surface area contributed by atoms with Gasteiger partial charge in [-0.1, -0.05) is 13.8 Å². The Kier molecular flexibility index (Phi) is 13.1. The van der Waals surface area contributed by atoms with Gasteiger partial charge in [-0.15, -0.1) is 0 Å². The molecule has 0 aliphatic rings. The molecule has 0 fully saturated rings. The van der Waals surface area contributed by atoms with Gasteiger partial charge in [-0.3, -0.25) is 9.59 Å². The van der Waals surface area contributed by atoms with Crippen LogP contribution in [0.15, 0.2) is 0 Å². The molecule has 0 N–H and O–H groups in total. The van der Waals surface area contributed by atoms with Crippen molar-refractivity contribution in [3.05, 3.63) is 0 Å². The molecule has 0 saturated heterocycles. The zero-order valence-electron chi connectivity index (χ0n) is 9.46. The highest BCUT2D eigenvalue weighted by molar-refractivity contribution is 5.69. The molecule has 0 aromatic rings. The smallest absolute Gasteiger partial charge is 0.305 e. The van der Waals surface area contributed by atoms with E-state index in [1.165, 1.54) is 14.2 Å². The van der Waals surface area contributed by atoms with Crippen LogP contribution in [0.1, 0.15) is 39.5 Å². The van der Waals surface area contributed by atoms with E-state index in [1.807, 2.05) is 13.8 Å². The van der Waals surface area contributed by atoms with Crippen molar-refractivity contribution in [2.24, 2.45) is 0 Å². The van der Waals surface area contributed by atoms with Gasteiger partial charge < -0.3 is 9.47 Å². The highest BCUT2D eigenvalue weighted by atomic mass is 16.5. The Bertz CT molecular complexity index is 136. The van der Waals surface area contributed by atoms with Crippen LogP contribution < -0.4 is 0 Å². The van der Waals surface area contributed by atoms with E-state index in [0.29, 0.717) is 12.8 Å². The summed E-state index contributed by atoms with van der Waals surface area (Å²) < 4.78 is 8.70. The highest BCUT2D eigenvalue weighted by Gasteiger charge is 1.93. The molecule has 84 valence electrons. The number of hydrogen-bond donors (Lipinski definition) is 0. The molecule has 0 radical (unpaired) electrons. The molecule has 14 heavy (non-hydrogen) atoms. The standard InChI is InChI=1S/2C5H10O2/c2*1-3-4-5(6)7-2/h2*3-4H2,1-2H3. The second kappa shape index (κ2) is 11.9. The van der Waals surface area contributed by atoms with Crippen LogP contribution in [0.3, 0.4) is 0 Å². The third-order valence-corrected chi connectivity index (χ3v) is 1.36. The largest absolute Gasteiger partial charge is 0.469 e. The molecule has 0 saturated carbocycles. The summed E-state index contributed by atoms with van der Waals surface area (Å²) in [6.07, 6.45) is 2.81. The van der Waals surface area contributed by atoms with Crippen molar-refractivity contribution >= 4 is 11.9 Å². The average molecular weight is 204 g/mol. The molecule has 0 aliphatic carbocycles. The Morgan fingerprint density at radius 3 is 1.21 bits per heavy atom. The molecule has 0 aromatic heterocycles. The first-order valence-corrected chi connectivity index (χ1v) is 4.75. The highest BCUT2D eigenvalue weighted by Crippen LogP contribution is 1.87. The van der Waals surface area contributed by atoms with E-state index in [-0.39, 0.29) is 11.9 Å². The lowest BCUT2D eigenvalue weighted by molar-refractivity contribution is -0.141. The summed E-state index contributed by atoms with van der Waals surface area (Å²) in [4.78, 5) is 20.4. The second-order valence-corrected chi connectivity index (χ2v) is 2.65. The number of carbonyl (C=O) groups excluding carboxylic acids is 2. The van der Waals surface area contributed by atoms with Crippen molar-refractivity contribution in [3.8, 4) is 0 Å². The molecule has 4 nitrogen and oxygen atoms in total. The Labute approximate surface area is 85.6 Å². The number of hydrogen-bond acceptors (Lipinski definition) is 4. The van der Waals surface area contributed by atoms with Gasteiger partial charge in [0.25, 0.3) is 0 Å². The Balaban J connectivity index is 0. The van der Waals surface area contributed by atoms with E-state index >= 15 is 0 Å². The SMILES string of the molecule is CCCC(=O)OC.CCCC(=O)OC. The maximum absolute atomic E-state index is 10.2. The summed E-state index contributed by atoms with van der Waals surface area (Å²) in [6, 6.07) is 0. The first-order chi connectivity index (χ1) is 6.62. The monoisotopic (exact) mass is 204 g/mol. The van der Waals surface area contributed by atoms with Crippen molar-refractivity contribution in [2.45, 2.75) is 39.5 Å². The number of rotatable bonds is 4. The van der Waals surface area contributed by atoms with Crippen LogP contribution in [0.5, 0.6) is 0 Å². The van der Waals surface area contributed by atoms with Crippen LogP contribution in [0.4, 0.5) is 0 Å². The first-order valence-electron chi connectivity index (χ1n) is 4.75. The fourth-order valence-electron chi connectivity index (χ4n) is 0.612. The van der Waals surface area contributed by atoms with Crippen molar-refractivity contribution in [3.63, 3.8) is 0 Å². The number of methoxy groups -OCH3 is 2. The van der Waals surface area contributed by atoms with Gasteiger partial charge in [0, 0.05) is 12.8 Å². The summed E-state index contributed by atoms with van der Waals surface area (Å²) in [6.45, 7) is 3.88. The Morgan fingerprint density at radius 1 is 0.857 bits per heavy atom. The van der Waals surface area contributed by atoms with Crippen LogP contribution in [-0.2, 0) is 19.1 Å². The van der Waals surface area contributed by atoms with Crippen LogP contribution in [0, 0.1) is 0 Å².